The van der Waals surface area contributed by atoms with Crippen molar-refractivity contribution in [2.45, 2.75) is 60.0 Å². The van der Waals surface area contributed by atoms with Crippen molar-refractivity contribution in [3.05, 3.63) is 0 Å². The van der Waals surface area contributed by atoms with Gasteiger partial charge >= 0.3 is 0 Å². The van der Waals surface area contributed by atoms with Gasteiger partial charge in [0, 0.05) is 13.5 Å². The molecule has 1 aliphatic carbocycles. The summed E-state index contributed by atoms with van der Waals surface area (Å²) in [6.07, 6.45) is 2.85. The van der Waals surface area contributed by atoms with Crippen molar-refractivity contribution in [1.29, 1.82) is 0 Å². The van der Waals surface area contributed by atoms with Crippen molar-refractivity contribution >= 4 is 5.90 Å². The highest BCUT2D eigenvalue weighted by atomic mass is 16.5. The van der Waals surface area contributed by atoms with Crippen molar-refractivity contribution in [3.8, 4) is 0 Å². The fourth-order valence-electron chi connectivity index (χ4n) is 3.44. The quantitative estimate of drug-likeness (QED) is 0.613. The van der Waals surface area contributed by atoms with Crippen LogP contribution in [0.1, 0.15) is 53.9 Å². The maximum Gasteiger partial charge on any atom is 0.179 e. The summed E-state index contributed by atoms with van der Waals surface area (Å²) < 4.78 is 5.84. The molecule has 1 fully saturated rings. The van der Waals surface area contributed by atoms with E-state index in [1.54, 1.807) is 0 Å². The molecule has 0 aromatic heterocycles. The minimum absolute atomic E-state index is 0.126. The van der Waals surface area contributed by atoms with Crippen LogP contribution in [0.3, 0.4) is 0 Å². The molecule has 4 atom stereocenters. The molecular formula is C16H31NO2. The Labute approximate surface area is 118 Å². The molecule has 0 amide bonds. The van der Waals surface area contributed by atoms with Crippen molar-refractivity contribution in [2.75, 3.05) is 13.2 Å². The van der Waals surface area contributed by atoms with Gasteiger partial charge in [0.1, 0.15) is 0 Å². The van der Waals surface area contributed by atoms with Crippen LogP contribution in [0.4, 0.5) is 0 Å². The summed E-state index contributed by atoms with van der Waals surface area (Å²) in [5, 5.41) is 10.0. The summed E-state index contributed by atoms with van der Waals surface area (Å²) in [6.45, 7) is 12.2. The van der Waals surface area contributed by atoms with Gasteiger partial charge in [-0.1, -0.05) is 27.2 Å². The van der Waals surface area contributed by atoms with Crippen LogP contribution in [0.15, 0.2) is 4.99 Å². The van der Waals surface area contributed by atoms with Crippen molar-refractivity contribution in [1.82, 2.24) is 0 Å². The molecule has 19 heavy (non-hydrogen) atoms. The topological polar surface area (TPSA) is 41.8 Å². The molecule has 1 N–H and O–H groups in total. The van der Waals surface area contributed by atoms with Crippen LogP contribution in [0.2, 0.25) is 0 Å². The van der Waals surface area contributed by atoms with Gasteiger partial charge in [-0.15, -0.1) is 0 Å². The molecule has 0 aromatic rings. The Kier molecular flexibility index (Phi) is 6.84. The number of ether oxygens (including phenoxy) is 1. The average molecular weight is 269 g/mol. The van der Waals surface area contributed by atoms with Crippen LogP contribution in [0.5, 0.6) is 0 Å². The highest BCUT2D eigenvalue weighted by Crippen LogP contribution is 2.40. The predicted octanol–water partition coefficient (Wildman–Crippen LogP) is 3.51. The first-order valence-electron chi connectivity index (χ1n) is 7.81. The third kappa shape index (κ3) is 4.79. The Balaban J connectivity index is 2.69. The van der Waals surface area contributed by atoms with E-state index in [2.05, 4.69) is 25.8 Å². The molecule has 0 heterocycles. The Morgan fingerprint density at radius 1 is 1.32 bits per heavy atom. The van der Waals surface area contributed by atoms with Gasteiger partial charge in [-0.2, -0.15) is 0 Å². The molecule has 3 heteroatoms. The van der Waals surface area contributed by atoms with Crippen LogP contribution in [0, 0.1) is 23.7 Å². The van der Waals surface area contributed by atoms with Gasteiger partial charge in [0.2, 0.25) is 0 Å². The minimum atomic E-state index is -0.126. The van der Waals surface area contributed by atoms with Crippen molar-refractivity contribution < 1.29 is 9.84 Å². The largest absolute Gasteiger partial charge is 0.481 e. The van der Waals surface area contributed by atoms with Crippen molar-refractivity contribution in [3.63, 3.8) is 0 Å². The van der Waals surface area contributed by atoms with E-state index in [0.29, 0.717) is 23.7 Å². The molecule has 1 aliphatic rings. The Hall–Kier alpha value is -0.570. The van der Waals surface area contributed by atoms with Gasteiger partial charge in [0.05, 0.1) is 12.7 Å². The number of aliphatic imine (C=N–C) groups is 1. The zero-order chi connectivity index (χ0) is 14.4. The maximum atomic E-state index is 10.0. The second-order valence-electron chi connectivity index (χ2n) is 6.17. The monoisotopic (exact) mass is 269 g/mol. The second-order valence-corrected chi connectivity index (χ2v) is 6.17. The van der Waals surface area contributed by atoms with Gasteiger partial charge in [-0.05, 0) is 43.4 Å². The van der Waals surface area contributed by atoms with E-state index in [0.717, 1.165) is 38.3 Å². The first kappa shape index (κ1) is 16.5. The van der Waals surface area contributed by atoms with E-state index < -0.39 is 0 Å². The molecule has 0 spiro atoms. The summed E-state index contributed by atoms with van der Waals surface area (Å²) in [5.74, 6) is 3.08. The van der Waals surface area contributed by atoms with E-state index in [9.17, 15) is 5.11 Å². The highest BCUT2D eigenvalue weighted by molar-refractivity contribution is 5.73. The smallest absolute Gasteiger partial charge is 0.179 e. The lowest BCUT2D eigenvalue weighted by Crippen LogP contribution is -2.40. The average Bonchev–Trinajstić information content (AvgIpc) is 2.36. The van der Waals surface area contributed by atoms with E-state index in [1.165, 1.54) is 0 Å². The van der Waals surface area contributed by atoms with Gasteiger partial charge in [0.15, 0.2) is 5.90 Å². The molecule has 4 unspecified atom stereocenters. The fourth-order valence-corrected chi connectivity index (χ4v) is 3.44. The minimum Gasteiger partial charge on any atom is -0.481 e. The molecule has 1 saturated carbocycles. The number of rotatable bonds is 5. The number of aliphatic hydroxyl groups excluding tert-OH is 1. The zero-order valence-corrected chi connectivity index (χ0v) is 13.2. The van der Waals surface area contributed by atoms with E-state index in [1.807, 2.05) is 13.8 Å². The van der Waals surface area contributed by atoms with Gasteiger partial charge in [0.25, 0.3) is 0 Å². The third-order valence-electron chi connectivity index (χ3n) is 4.52. The number of hydrogen-bond acceptors (Lipinski definition) is 3. The molecule has 0 aliphatic heterocycles. The van der Waals surface area contributed by atoms with Gasteiger partial charge in [-0.3, -0.25) is 4.99 Å². The predicted molar refractivity (Wildman–Crippen MR) is 80.4 cm³/mol. The normalized spacial score (nSPS) is 32.7. The van der Waals surface area contributed by atoms with E-state index >= 15 is 0 Å². The number of nitrogens with zero attached hydrogens (tertiary/aromatic N) is 1. The fraction of sp³-hybridized carbons (Fsp3) is 0.938. The van der Waals surface area contributed by atoms with E-state index in [4.69, 9.17) is 4.74 Å². The summed E-state index contributed by atoms with van der Waals surface area (Å²) >= 11 is 0. The van der Waals surface area contributed by atoms with Crippen LogP contribution >= 0.6 is 0 Å². The van der Waals surface area contributed by atoms with Crippen LogP contribution in [-0.4, -0.2) is 30.3 Å². The second kappa shape index (κ2) is 7.88. The Morgan fingerprint density at radius 3 is 2.53 bits per heavy atom. The van der Waals surface area contributed by atoms with E-state index in [-0.39, 0.29) is 6.10 Å². The lowest BCUT2D eigenvalue weighted by atomic mass is 9.66. The SMILES string of the molecule is CC/N=C(/C)OCC1C(CC)CC(O)CC1C(C)C. The first-order valence-corrected chi connectivity index (χ1v) is 7.81. The van der Waals surface area contributed by atoms with Crippen LogP contribution in [-0.2, 0) is 4.74 Å². The molecule has 0 saturated heterocycles. The van der Waals surface area contributed by atoms with Gasteiger partial charge in [-0.25, -0.2) is 0 Å². The maximum absolute atomic E-state index is 10.0. The Morgan fingerprint density at radius 2 is 2.00 bits per heavy atom. The molecule has 0 aromatic carbocycles. The van der Waals surface area contributed by atoms with Crippen LogP contribution < -0.4 is 0 Å². The summed E-state index contributed by atoms with van der Waals surface area (Å²) in [5.41, 5.74) is 0. The summed E-state index contributed by atoms with van der Waals surface area (Å²) in [7, 11) is 0. The summed E-state index contributed by atoms with van der Waals surface area (Å²) in [6, 6.07) is 0. The molecule has 0 radical (unpaired) electrons. The third-order valence-corrected chi connectivity index (χ3v) is 4.52. The lowest BCUT2D eigenvalue weighted by molar-refractivity contribution is -0.0132. The molecule has 112 valence electrons. The Bertz CT molecular complexity index is 288. The molecular weight excluding hydrogens is 238 g/mol. The number of hydrogen-bond donors (Lipinski definition) is 1. The van der Waals surface area contributed by atoms with Crippen LogP contribution in [0.25, 0.3) is 0 Å². The van der Waals surface area contributed by atoms with Crippen molar-refractivity contribution in [2.24, 2.45) is 28.7 Å². The highest BCUT2D eigenvalue weighted by Gasteiger charge is 2.38. The number of aliphatic hydroxyl groups is 1. The molecule has 1 rings (SSSR count). The summed E-state index contributed by atoms with van der Waals surface area (Å²) in [4.78, 5) is 4.29. The molecule has 0 bridgehead atoms. The first-order chi connectivity index (χ1) is 8.99. The lowest BCUT2D eigenvalue weighted by Gasteiger charge is -2.42. The standard InChI is InChI=1S/C16H31NO2/c1-6-13-8-14(18)9-15(11(3)4)16(13)10-19-12(5)17-7-2/h11,13-16,18H,6-10H2,1-5H3/b17-12-. The molecule has 3 nitrogen and oxygen atoms in total. The van der Waals surface area contributed by atoms with Gasteiger partial charge < -0.3 is 9.84 Å². The zero-order valence-electron chi connectivity index (χ0n) is 13.2.